The molecule has 2 aromatic rings. The molecule has 3 rings (SSSR count). The van der Waals surface area contributed by atoms with Gasteiger partial charge in [-0.25, -0.2) is 0 Å². The number of nitrogens with zero attached hydrogens (tertiary/aromatic N) is 1. The molecular weight excluding hydrogens is 394 g/mol. The Bertz CT molecular complexity index is 843. The molecule has 1 aliphatic rings. The van der Waals surface area contributed by atoms with E-state index in [2.05, 4.69) is 15.9 Å². The quantitative estimate of drug-likeness (QED) is 0.440. The number of aliphatic hydroxyl groups is 1. The van der Waals surface area contributed by atoms with E-state index in [0.29, 0.717) is 12.1 Å². The van der Waals surface area contributed by atoms with Crippen LogP contribution in [0.5, 0.6) is 0 Å². The van der Waals surface area contributed by atoms with Crippen molar-refractivity contribution < 1.29 is 14.7 Å². The Labute approximate surface area is 161 Å². The molecule has 1 saturated heterocycles. The third kappa shape index (κ3) is 3.44. The van der Waals surface area contributed by atoms with E-state index in [-0.39, 0.29) is 11.3 Å². The summed E-state index contributed by atoms with van der Waals surface area (Å²) in [7, 11) is 0. The first-order valence-corrected chi connectivity index (χ1v) is 9.43. The maximum absolute atomic E-state index is 12.7. The van der Waals surface area contributed by atoms with Gasteiger partial charge in [-0.05, 0) is 24.1 Å². The average molecular weight is 414 g/mol. The van der Waals surface area contributed by atoms with Gasteiger partial charge in [-0.2, -0.15) is 0 Å². The monoisotopic (exact) mass is 413 g/mol. The van der Waals surface area contributed by atoms with Crippen LogP contribution in [0.2, 0.25) is 0 Å². The van der Waals surface area contributed by atoms with E-state index in [4.69, 9.17) is 0 Å². The molecule has 4 nitrogen and oxygen atoms in total. The van der Waals surface area contributed by atoms with Crippen LogP contribution in [0.4, 0.5) is 0 Å². The van der Waals surface area contributed by atoms with Gasteiger partial charge in [-0.15, -0.1) is 0 Å². The van der Waals surface area contributed by atoms with Gasteiger partial charge in [0.15, 0.2) is 0 Å². The number of amides is 1. The second-order valence-electron chi connectivity index (χ2n) is 6.26. The zero-order valence-electron chi connectivity index (χ0n) is 14.5. The molecule has 0 aliphatic carbocycles. The lowest BCUT2D eigenvalue weighted by atomic mass is 9.95. The number of carbonyl (C=O) groups excluding carboxylic acids is 2. The van der Waals surface area contributed by atoms with Crippen LogP contribution in [0.3, 0.4) is 0 Å². The van der Waals surface area contributed by atoms with Crippen LogP contribution in [-0.2, 0) is 9.59 Å². The second-order valence-corrected chi connectivity index (χ2v) is 7.18. The van der Waals surface area contributed by atoms with Crippen molar-refractivity contribution >= 4 is 33.4 Å². The highest BCUT2D eigenvalue weighted by atomic mass is 79.9. The smallest absolute Gasteiger partial charge is 0.295 e. The zero-order valence-corrected chi connectivity index (χ0v) is 16.1. The predicted octanol–water partition coefficient (Wildman–Crippen LogP) is 4.67. The van der Waals surface area contributed by atoms with Gasteiger partial charge in [0.1, 0.15) is 5.76 Å². The van der Waals surface area contributed by atoms with Crippen molar-refractivity contribution in [3.63, 3.8) is 0 Å². The molecule has 2 aromatic carbocycles. The molecule has 0 unspecified atom stereocenters. The standard InChI is InChI=1S/C21H20BrNO3/c1-2-3-13-23-18(14-9-11-16(22)12-10-14)17(20(25)21(23)26)19(24)15-7-5-4-6-8-15/h4-12,18,24H,2-3,13H2,1H3/t18-/m1/s1. The molecule has 0 bridgehead atoms. The van der Waals surface area contributed by atoms with E-state index in [1.165, 1.54) is 0 Å². The summed E-state index contributed by atoms with van der Waals surface area (Å²) in [5.74, 6) is -1.31. The summed E-state index contributed by atoms with van der Waals surface area (Å²) in [6, 6.07) is 15.8. The third-order valence-electron chi connectivity index (χ3n) is 4.53. The fourth-order valence-electron chi connectivity index (χ4n) is 3.18. The van der Waals surface area contributed by atoms with E-state index in [9.17, 15) is 14.7 Å². The van der Waals surface area contributed by atoms with E-state index in [1.807, 2.05) is 37.3 Å². The fourth-order valence-corrected chi connectivity index (χ4v) is 3.45. The highest BCUT2D eigenvalue weighted by Crippen LogP contribution is 2.39. The minimum absolute atomic E-state index is 0.129. The van der Waals surface area contributed by atoms with Gasteiger partial charge in [0, 0.05) is 16.6 Å². The van der Waals surface area contributed by atoms with Gasteiger partial charge in [-0.3, -0.25) is 9.59 Å². The molecule has 1 N–H and O–H groups in total. The maximum Gasteiger partial charge on any atom is 0.295 e. The number of rotatable bonds is 5. The number of hydrogen-bond donors (Lipinski definition) is 1. The molecule has 0 aromatic heterocycles. The Morgan fingerprint density at radius 1 is 1.08 bits per heavy atom. The minimum atomic E-state index is -0.629. The van der Waals surface area contributed by atoms with Gasteiger partial charge >= 0.3 is 0 Å². The second kappa shape index (κ2) is 7.87. The molecular formula is C21H20BrNO3. The lowest BCUT2D eigenvalue weighted by molar-refractivity contribution is -0.139. The lowest BCUT2D eigenvalue weighted by Gasteiger charge is -2.25. The summed E-state index contributed by atoms with van der Waals surface area (Å²) < 4.78 is 0.912. The van der Waals surface area contributed by atoms with Crippen molar-refractivity contribution in [2.45, 2.75) is 25.8 Å². The van der Waals surface area contributed by atoms with Crippen molar-refractivity contribution in [1.29, 1.82) is 0 Å². The summed E-state index contributed by atoms with van der Waals surface area (Å²) in [5, 5.41) is 10.8. The van der Waals surface area contributed by atoms with Crippen molar-refractivity contribution in [1.82, 2.24) is 4.90 Å². The van der Waals surface area contributed by atoms with E-state index < -0.39 is 17.7 Å². The van der Waals surface area contributed by atoms with Crippen LogP contribution in [0.15, 0.2) is 64.6 Å². The zero-order chi connectivity index (χ0) is 18.7. The number of likely N-dealkylation sites (tertiary alicyclic amines) is 1. The van der Waals surface area contributed by atoms with Crippen molar-refractivity contribution in [2.24, 2.45) is 0 Å². The Hall–Kier alpha value is -2.40. The third-order valence-corrected chi connectivity index (χ3v) is 5.05. The number of halogens is 1. The highest BCUT2D eigenvalue weighted by Gasteiger charge is 2.45. The number of carbonyl (C=O) groups is 2. The average Bonchev–Trinajstić information content (AvgIpc) is 2.91. The molecule has 26 heavy (non-hydrogen) atoms. The van der Waals surface area contributed by atoms with Gasteiger partial charge in [0.05, 0.1) is 11.6 Å². The van der Waals surface area contributed by atoms with Gasteiger partial charge in [0.25, 0.3) is 11.7 Å². The molecule has 1 atom stereocenters. The first-order valence-electron chi connectivity index (χ1n) is 8.64. The molecule has 0 saturated carbocycles. The number of hydrogen-bond acceptors (Lipinski definition) is 3. The Kier molecular flexibility index (Phi) is 5.57. The van der Waals surface area contributed by atoms with Gasteiger partial charge < -0.3 is 10.0 Å². The normalized spacial score (nSPS) is 19.2. The molecule has 1 heterocycles. The Morgan fingerprint density at radius 2 is 1.73 bits per heavy atom. The summed E-state index contributed by atoms with van der Waals surface area (Å²) in [6.07, 6.45) is 1.71. The number of aliphatic hydroxyl groups excluding tert-OH is 1. The number of ketones is 1. The maximum atomic E-state index is 12.7. The highest BCUT2D eigenvalue weighted by molar-refractivity contribution is 9.10. The van der Waals surface area contributed by atoms with E-state index >= 15 is 0 Å². The molecule has 0 radical (unpaired) electrons. The lowest BCUT2D eigenvalue weighted by Crippen LogP contribution is -2.30. The molecule has 5 heteroatoms. The molecule has 1 amide bonds. The van der Waals surface area contributed by atoms with Crippen molar-refractivity contribution in [3.05, 3.63) is 75.8 Å². The van der Waals surface area contributed by atoms with Crippen molar-refractivity contribution in [3.8, 4) is 0 Å². The summed E-state index contributed by atoms with van der Waals surface area (Å²) in [5.41, 5.74) is 1.49. The Balaban J connectivity index is 2.15. The van der Waals surface area contributed by atoms with E-state index in [1.54, 1.807) is 29.2 Å². The van der Waals surface area contributed by atoms with E-state index in [0.717, 1.165) is 22.9 Å². The topological polar surface area (TPSA) is 57.6 Å². The Morgan fingerprint density at radius 3 is 2.35 bits per heavy atom. The van der Waals surface area contributed by atoms with Gasteiger partial charge in [-0.1, -0.05) is 71.7 Å². The fraction of sp³-hybridized carbons (Fsp3) is 0.238. The SMILES string of the molecule is CCCCN1C(=O)C(=O)C(=C(O)c2ccccc2)[C@H]1c1ccc(Br)cc1. The van der Waals surface area contributed by atoms with Crippen molar-refractivity contribution in [2.75, 3.05) is 6.54 Å². The first-order chi connectivity index (χ1) is 12.5. The summed E-state index contributed by atoms with van der Waals surface area (Å²) >= 11 is 3.41. The number of Topliss-reactive ketones (excluding diaryl/α,β-unsaturated/α-hetero) is 1. The number of benzene rings is 2. The predicted molar refractivity (Wildman–Crippen MR) is 105 cm³/mol. The van der Waals surface area contributed by atoms with Crippen LogP contribution < -0.4 is 0 Å². The van der Waals surface area contributed by atoms with Crippen LogP contribution >= 0.6 is 15.9 Å². The van der Waals surface area contributed by atoms with Gasteiger partial charge in [0.2, 0.25) is 0 Å². The van der Waals surface area contributed by atoms with Crippen LogP contribution in [0.25, 0.3) is 5.76 Å². The summed E-state index contributed by atoms with van der Waals surface area (Å²) in [4.78, 5) is 26.9. The minimum Gasteiger partial charge on any atom is -0.507 e. The largest absolute Gasteiger partial charge is 0.507 e. The van der Waals surface area contributed by atoms with Crippen LogP contribution in [-0.4, -0.2) is 28.2 Å². The van der Waals surface area contributed by atoms with Crippen LogP contribution in [0.1, 0.15) is 36.9 Å². The first kappa shape index (κ1) is 18.4. The summed E-state index contributed by atoms with van der Waals surface area (Å²) in [6.45, 7) is 2.52. The molecule has 0 spiro atoms. The number of unbranched alkanes of at least 4 members (excludes halogenated alkanes) is 1. The molecule has 1 fully saturated rings. The van der Waals surface area contributed by atoms with Crippen LogP contribution in [0, 0.1) is 0 Å². The molecule has 1 aliphatic heterocycles. The molecule has 134 valence electrons.